The van der Waals surface area contributed by atoms with Crippen molar-refractivity contribution < 1.29 is 18.0 Å². The second kappa shape index (κ2) is 3.73. The van der Waals surface area contributed by atoms with Gasteiger partial charge in [-0.1, -0.05) is 30.3 Å². The number of amides is 1. The summed E-state index contributed by atoms with van der Waals surface area (Å²) in [6.07, 6.45) is -4.69. The maximum Gasteiger partial charge on any atom is 0.487 e. The second-order valence-electron chi connectivity index (χ2n) is 4.01. The Hall–Kier alpha value is -1.56. The Morgan fingerprint density at radius 1 is 1.24 bits per heavy atom. The lowest BCUT2D eigenvalue weighted by Crippen LogP contribution is -2.49. The summed E-state index contributed by atoms with van der Waals surface area (Å²) < 4.78 is 37.6. The van der Waals surface area contributed by atoms with Crippen LogP contribution in [0.25, 0.3) is 0 Å². The fourth-order valence-electron chi connectivity index (χ4n) is 1.98. The minimum Gasteiger partial charge on any atom is -0.314 e. The molecule has 2 rings (SSSR count). The van der Waals surface area contributed by atoms with Crippen molar-refractivity contribution in [3.05, 3.63) is 35.9 Å². The highest BCUT2D eigenvalue weighted by Gasteiger charge is 2.54. The van der Waals surface area contributed by atoms with E-state index in [4.69, 9.17) is 5.73 Å². The van der Waals surface area contributed by atoms with Crippen LogP contribution in [0.5, 0.6) is 0 Å². The standard InChI is InChI=1S/C11H11F3N2O/c12-11(13,14)16-7-6-10(15,9(16)17)8-4-2-1-3-5-8/h1-5H,6-7,15H2. The highest BCUT2D eigenvalue weighted by atomic mass is 19.4. The monoisotopic (exact) mass is 244 g/mol. The number of likely N-dealkylation sites (tertiary alicyclic amines) is 1. The number of hydrogen-bond acceptors (Lipinski definition) is 2. The van der Waals surface area contributed by atoms with Gasteiger partial charge in [0.1, 0.15) is 5.54 Å². The minimum atomic E-state index is -4.66. The molecule has 0 spiro atoms. The molecule has 3 nitrogen and oxygen atoms in total. The van der Waals surface area contributed by atoms with Crippen LogP contribution < -0.4 is 5.73 Å². The molecule has 6 heteroatoms. The summed E-state index contributed by atoms with van der Waals surface area (Å²) in [4.78, 5) is 11.6. The molecule has 0 saturated carbocycles. The second-order valence-corrected chi connectivity index (χ2v) is 4.01. The van der Waals surface area contributed by atoms with Crippen molar-refractivity contribution in [1.29, 1.82) is 0 Å². The summed E-state index contributed by atoms with van der Waals surface area (Å²) in [5.41, 5.74) is 4.67. The zero-order valence-electron chi connectivity index (χ0n) is 8.87. The lowest BCUT2D eigenvalue weighted by molar-refractivity contribution is -0.235. The van der Waals surface area contributed by atoms with Crippen LogP contribution in [-0.4, -0.2) is 23.7 Å². The predicted octanol–water partition coefficient (Wildman–Crippen LogP) is 1.59. The first-order valence-corrected chi connectivity index (χ1v) is 5.09. The Bertz CT molecular complexity index is 432. The molecule has 1 unspecified atom stereocenters. The third-order valence-corrected chi connectivity index (χ3v) is 2.95. The van der Waals surface area contributed by atoms with Crippen molar-refractivity contribution >= 4 is 5.91 Å². The third-order valence-electron chi connectivity index (χ3n) is 2.95. The minimum absolute atomic E-state index is 0.0324. The van der Waals surface area contributed by atoms with Gasteiger partial charge in [0.25, 0.3) is 5.91 Å². The Balaban J connectivity index is 2.34. The number of carbonyl (C=O) groups excluding carboxylic acids is 1. The van der Waals surface area contributed by atoms with Crippen LogP contribution in [0.2, 0.25) is 0 Å². The molecule has 1 saturated heterocycles. The van der Waals surface area contributed by atoms with E-state index in [9.17, 15) is 18.0 Å². The number of nitrogens with zero attached hydrogens (tertiary/aromatic N) is 1. The first-order chi connectivity index (χ1) is 7.86. The topological polar surface area (TPSA) is 46.3 Å². The van der Waals surface area contributed by atoms with E-state index in [0.29, 0.717) is 5.56 Å². The molecule has 1 aromatic rings. The summed E-state index contributed by atoms with van der Waals surface area (Å²) in [5.74, 6) is -1.09. The summed E-state index contributed by atoms with van der Waals surface area (Å²) in [6.45, 7) is -0.395. The molecule has 2 N–H and O–H groups in total. The van der Waals surface area contributed by atoms with Gasteiger partial charge in [-0.3, -0.25) is 9.69 Å². The molecule has 1 fully saturated rings. The Morgan fingerprint density at radius 2 is 1.82 bits per heavy atom. The maximum absolute atomic E-state index is 12.5. The lowest BCUT2D eigenvalue weighted by atomic mass is 9.89. The fourth-order valence-corrected chi connectivity index (χ4v) is 1.98. The van der Waals surface area contributed by atoms with Gasteiger partial charge in [0.2, 0.25) is 0 Å². The van der Waals surface area contributed by atoms with Gasteiger partial charge >= 0.3 is 6.30 Å². The SMILES string of the molecule is NC1(c2ccccc2)CCN(C(F)(F)F)C1=O. The molecular formula is C11H11F3N2O. The highest BCUT2D eigenvalue weighted by molar-refractivity contribution is 5.89. The van der Waals surface area contributed by atoms with E-state index >= 15 is 0 Å². The van der Waals surface area contributed by atoms with Gasteiger partial charge in [-0.05, 0) is 12.0 Å². The number of benzene rings is 1. The normalized spacial score (nSPS) is 25.4. The van der Waals surface area contributed by atoms with Crippen LogP contribution in [0, 0.1) is 0 Å². The van der Waals surface area contributed by atoms with E-state index < -0.39 is 24.3 Å². The predicted molar refractivity (Wildman–Crippen MR) is 54.7 cm³/mol. The van der Waals surface area contributed by atoms with Crippen molar-refractivity contribution in [1.82, 2.24) is 4.90 Å². The van der Waals surface area contributed by atoms with Crippen LogP contribution in [0.4, 0.5) is 13.2 Å². The van der Waals surface area contributed by atoms with E-state index in [-0.39, 0.29) is 11.3 Å². The molecule has 1 heterocycles. The van der Waals surface area contributed by atoms with E-state index in [1.54, 1.807) is 30.3 Å². The van der Waals surface area contributed by atoms with E-state index in [1.165, 1.54) is 0 Å². The van der Waals surface area contributed by atoms with Gasteiger partial charge in [0, 0.05) is 6.54 Å². The third kappa shape index (κ3) is 1.88. The summed E-state index contributed by atoms with van der Waals surface area (Å²) in [5, 5.41) is 0. The van der Waals surface area contributed by atoms with Crippen LogP contribution in [0.15, 0.2) is 30.3 Å². The average molecular weight is 244 g/mol. The van der Waals surface area contributed by atoms with Crippen LogP contribution >= 0.6 is 0 Å². The molecule has 92 valence electrons. The number of rotatable bonds is 1. The van der Waals surface area contributed by atoms with E-state index in [0.717, 1.165) is 0 Å². The number of nitrogens with two attached hydrogens (primary N) is 1. The van der Waals surface area contributed by atoms with Gasteiger partial charge in [0.15, 0.2) is 0 Å². The number of carbonyl (C=O) groups is 1. The molecule has 0 aliphatic carbocycles. The summed E-state index contributed by atoms with van der Waals surface area (Å²) >= 11 is 0. The molecule has 1 aromatic carbocycles. The Morgan fingerprint density at radius 3 is 2.29 bits per heavy atom. The quantitative estimate of drug-likeness (QED) is 0.762. The molecular weight excluding hydrogens is 233 g/mol. The van der Waals surface area contributed by atoms with Crippen molar-refractivity contribution in [2.75, 3.05) is 6.54 Å². The van der Waals surface area contributed by atoms with Gasteiger partial charge in [0.05, 0.1) is 0 Å². The van der Waals surface area contributed by atoms with E-state index in [1.807, 2.05) is 0 Å². The largest absolute Gasteiger partial charge is 0.487 e. The smallest absolute Gasteiger partial charge is 0.314 e. The van der Waals surface area contributed by atoms with Gasteiger partial charge in [-0.2, -0.15) is 0 Å². The molecule has 0 bridgehead atoms. The molecule has 0 aromatic heterocycles. The van der Waals surface area contributed by atoms with Crippen LogP contribution in [-0.2, 0) is 10.3 Å². The molecule has 1 aliphatic rings. The first-order valence-electron chi connectivity index (χ1n) is 5.09. The Labute approximate surface area is 96.0 Å². The zero-order valence-corrected chi connectivity index (χ0v) is 8.87. The molecule has 1 amide bonds. The zero-order chi connectivity index (χ0) is 12.7. The molecule has 1 aliphatic heterocycles. The number of alkyl halides is 3. The van der Waals surface area contributed by atoms with E-state index in [2.05, 4.69) is 0 Å². The maximum atomic E-state index is 12.5. The molecule has 0 radical (unpaired) electrons. The van der Waals surface area contributed by atoms with Crippen LogP contribution in [0.1, 0.15) is 12.0 Å². The summed E-state index contributed by atoms with van der Waals surface area (Å²) in [7, 11) is 0. The van der Waals surface area contributed by atoms with Crippen LogP contribution in [0.3, 0.4) is 0 Å². The van der Waals surface area contributed by atoms with Crippen molar-refractivity contribution in [2.24, 2.45) is 5.73 Å². The summed E-state index contributed by atoms with van der Waals surface area (Å²) in [6, 6.07) is 8.14. The lowest BCUT2D eigenvalue weighted by Gasteiger charge is -2.24. The fraction of sp³-hybridized carbons (Fsp3) is 0.364. The van der Waals surface area contributed by atoms with Crippen molar-refractivity contribution in [3.63, 3.8) is 0 Å². The van der Waals surface area contributed by atoms with Gasteiger partial charge in [-0.25, -0.2) is 0 Å². The average Bonchev–Trinajstić information content (AvgIpc) is 2.58. The van der Waals surface area contributed by atoms with Crippen molar-refractivity contribution in [3.8, 4) is 0 Å². The number of halogens is 3. The number of hydrogen-bond donors (Lipinski definition) is 1. The van der Waals surface area contributed by atoms with Gasteiger partial charge < -0.3 is 5.73 Å². The van der Waals surface area contributed by atoms with Gasteiger partial charge in [-0.15, -0.1) is 13.2 Å². The Kier molecular flexibility index (Phi) is 2.61. The van der Waals surface area contributed by atoms with Crippen molar-refractivity contribution in [2.45, 2.75) is 18.3 Å². The highest BCUT2D eigenvalue weighted by Crippen LogP contribution is 2.36. The first kappa shape index (κ1) is 11.9. The molecule has 17 heavy (non-hydrogen) atoms. The molecule has 1 atom stereocenters.